The lowest BCUT2D eigenvalue weighted by Gasteiger charge is -2.43. The first-order valence-corrected chi connectivity index (χ1v) is 12.7. The monoisotopic (exact) mass is 924 g/mol. The van der Waals surface area contributed by atoms with Gasteiger partial charge in [0.1, 0.15) is 0 Å². The molecule has 0 aromatic heterocycles. The number of halogens is 34. The molecule has 0 unspecified atom stereocenters. The molecule has 0 aromatic rings. The lowest BCUT2D eigenvalue weighted by Crippen LogP contribution is -2.74. The molecule has 0 radical (unpaired) electrons. The van der Waals surface area contributed by atoms with Crippen molar-refractivity contribution in [2.75, 3.05) is 0 Å². The van der Waals surface area contributed by atoms with Gasteiger partial charge in [-0.2, -0.15) is 149 Å². The molecule has 338 valence electrons. The van der Waals surface area contributed by atoms with E-state index in [4.69, 9.17) is 0 Å². The summed E-state index contributed by atoms with van der Waals surface area (Å²) in [6, 6.07) is 0. The zero-order valence-electron chi connectivity index (χ0n) is 24.7. The molecule has 0 bridgehead atoms. The molecule has 0 aromatic carbocycles. The maximum absolute atomic E-state index is 13.9. The fourth-order valence-corrected chi connectivity index (χ4v) is 3.55. The number of rotatable bonds is 18. The Morgan fingerprint density at radius 1 is 0.232 bits per heavy atom. The molecule has 0 saturated heterocycles. The van der Waals surface area contributed by atoms with Gasteiger partial charge >= 0.3 is 95.3 Å². The quantitative estimate of drug-likeness (QED) is 0.136. The van der Waals surface area contributed by atoms with Crippen LogP contribution in [0.4, 0.5) is 149 Å². The summed E-state index contributed by atoms with van der Waals surface area (Å²) >= 11 is 0. The minimum atomic E-state index is -9.13. The van der Waals surface area contributed by atoms with E-state index in [1.54, 1.807) is 0 Å². The molecule has 1 N–H and O–H groups in total. The van der Waals surface area contributed by atoms with Crippen molar-refractivity contribution in [3.05, 3.63) is 0 Å². The molecule has 0 saturated carbocycles. The summed E-state index contributed by atoms with van der Waals surface area (Å²) in [5.74, 6) is -121. The van der Waals surface area contributed by atoms with E-state index in [9.17, 15) is 154 Å². The molecule has 0 fully saturated rings. The summed E-state index contributed by atoms with van der Waals surface area (Å²) in [4.78, 5) is 0. The number of aliphatic hydroxyl groups excluding tert-OH is 1. The Bertz CT molecular complexity index is 1260. The fourth-order valence-electron chi connectivity index (χ4n) is 3.55. The summed E-state index contributed by atoms with van der Waals surface area (Å²) in [6.07, 6.45) is -33.2. The van der Waals surface area contributed by atoms with Crippen molar-refractivity contribution in [2.45, 2.75) is 127 Å². The highest BCUT2D eigenvalue weighted by molar-refractivity contribution is 5.16. The summed E-state index contributed by atoms with van der Waals surface area (Å²) in [7, 11) is 0. The van der Waals surface area contributed by atoms with E-state index in [0.717, 1.165) is 0 Å². The van der Waals surface area contributed by atoms with Gasteiger partial charge in [0, 0.05) is 12.8 Å². The molecule has 0 rings (SSSR count). The van der Waals surface area contributed by atoms with Crippen molar-refractivity contribution in [3.8, 4) is 0 Å². The maximum atomic E-state index is 13.9. The Morgan fingerprint density at radius 3 is 0.536 bits per heavy atom. The third kappa shape index (κ3) is 7.18. The van der Waals surface area contributed by atoms with Crippen molar-refractivity contribution in [2.24, 2.45) is 0 Å². The van der Waals surface area contributed by atoms with Crippen LogP contribution >= 0.6 is 0 Å². The summed E-state index contributed by atoms with van der Waals surface area (Å²) < 4.78 is 450. The molecule has 0 aliphatic heterocycles. The van der Waals surface area contributed by atoms with E-state index < -0.39 is 127 Å². The second-order valence-electron chi connectivity index (χ2n) is 11.0. The number of hydrogen-bond donors (Lipinski definition) is 1. The Kier molecular flexibility index (Phi) is 13.2. The third-order valence-corrected chi connectivity index (χ3v) is 7.16. The van der Waals surface area contributed by atoms with E-state index in [2.05, 4.69) is 0 Å². The van der Waals surface area contributed by atoms with Gasteiger partial charge in [-0.05, 0) is 12.8 Å². The van der Waals surface area contributed by atoms with Gasteiger partial charge in [-0.25, -0.2) is 0 Å². The smallest absolute Gasteiger partial charge is 0.393 e. The molecular weight excluding hydrogens is 914 g/mol. The van der Waals surface area contributed by atoms with Crippen LogP contribution in [0.2, 0.25) is 0 Å². The normalized spacial score (nSPS) is 16.9. The molecule has 0 aliphatic rings. The highest BCUT2D eigenvalue weighted by atomic mass is 19.4. The van der Waals surface area contributed by atoms with Crippen LogP contribution in [0.1, 0.15) is 25.7 Å². The van der Waals surface area contributed by atoms with Crippen LogP contribution in [0.3, 0.4) is 0 Å². The van der Waals surface area contributed by atoms with Crippen LogP contribution in [0.15, 0.2) is 0 Å². The van der Waals surface area contributed by atoms with Gasteiger partial charge in [0.25, 0.3) is 0 Å². The molecule has 0 aliphatic carbocycles. The molecule has 0 atom stereocenters. The second-order valence-corrected chi connectivity index (χ2v) is 11.0. The number of hydrogen-bond acceptors (Lipinski definition) is 1. The largest absolute Gasteiger partial charge is 0.460 e. The predicted octanol–water partition coefficient (Wildman–Crippen LogP) is 11.9. The molecule has 0 heterocycles. The lowest BCUT2D eigenvalue weighted by atomic mass is 9.86. The third-order valence-electron chi connectivity index (χ3n) is 7.16. The first-order valence-electron chi connectivity index (χ1n) is 12.7. The Morgan fingerprint density at radius 2 is 0.375 bits per heavy atom. The van der Waals surface area contributed by atoms with Crippen molar-refractivity contribution in [1.82, 2.24) is 0 Å². The number of alkyl halides is 34. The lowest BCUT2D eigenvalue weighted by molar-refractivity contribution is -0.462. The van der Waals surface area contributed by atoms with Crippen molar-refractivity contribution >= 4 is 0 Å². The van der Waals surface area contributed by atoms with E-state index in [1.807, 2.05) is 0 Å². The Labute approximate surface area is 282 Å². The zero-order chi connectivity index (χ0) is 46.4. The Balaban J connectivity index is 6.49. The average molecular weight is 924 g/mol. The van der Waals surface area contributed by atoms with Crippen LogP contribution in [0, 0.1) is 0 Å². The minimum Gasteiger partial charge on any atom is -0.393 e. The van der Waals surface area contributed by atoms with Crippen molar-refractivity contribution in [1.29, 1.82) is 0 Å². The van der Waals surface area contributed by atoms with E-state index in [1.165, 1.54) is 0 Å². The van der Waals surface area contributed by atoms with Crippen molar-refractivity contribution < 1.29 is 154 Å². The van der Waals surface area contributed by atoms with Crippen LogP contribution < -0.4 is 0 Å². The molecule has 1 nitrogen and oxygen atoms in total. The predicted molar refractivity (Wildman–Crippen MR) is 106 cm³/mol. The second kappa shape index (κ2) is 13.8. The molecule has 35 heteroatoms. The van der Waals surface area contributed by atoms with E-state index >= 15 is 0 Å². The maximum Gasteiger partial charge on any atom is 0.460 e. The van der Waals surface area contributed by atoms with Gasteiger partial charge in [-0.1, -0.05) is 0 Å². The highest BCUT2D eigenvalue weighted by Crippen LogP contribution is 2.66. The van der Waals surface area contributed by atoms with Crippen LogP contribution in [0.5, 0.6) is 0 Å². The van der Waals surface area contributed by atoms with E-state index in [-0.39, 0.29) is 0 Å². The van der Waals surface area contributed by atoms with Crippen LogP contribution in [-0.2, 0) is 0 Å². The highest BCUT2D eigenvalue weighted by Gasteiger charge is 2.96. The SMILES string of the molecule is OC(CCC(F)(F)C(F)(F)C(F)(F)C(F)(F)C(F)(F)C(F)(F)C(F)(F)C(F)(F)F)CCC(F)(F)C(F)(F)C(F)(F)C(F)(F)C(F)(F)C(F)(F)C(F)(F)C(F)(F)F. The molecule has 0 spiro atoms. The first-order chi connectivity index (χ1) is 23.6. The fraction of sp³-hybridized carbons (Fsp3) is 1.00. The summed E-state index contributed by atoms with van der Waals surface area (Å²) in [5.41, 5.74) is 0. The zero-order valence-corrected chi connectivity index (χ0v) is 24.7. The molecular formula is C21H10F34O. The van der Waals surface area contributed by atoms with Crippen LogP contribution in [0.25, 0.3) is 0 Å². The minimum absolute atomic E-state index is 2.89. The number of aliphatic hydroxyl groups is 1. The van der Waals surface area contributed by atoms with Gasteiger partial charge < -0.3 is 5.11 Å². The molecule has 0 amide bonds. The standard InChI is InChI=1S/C21H10F34O/c22-6(23,8(26,27)10(30,31)12(34,35)14(38,39)16(42,43)18(46,47)20(50,51)52)3-1-5(56)2-4-7(24,25)9(28,29)11(32,33)13(36,37)15(40,41)17(44,45)19(48,49)21(53,54)55/h5,56H,1-4H2. The van der Waals surface area contributed by atoms with Crippen molar-refractivity contribution in [3.63, 3.8) is 0 Å². The van der Waals surface area contributed by atoms with Gasteiger partial charge in [0.2, 0.25) is 0 Å². The first kappa shape index (κ1) is 53.6. The van der Waals surface area contributed by atoms with E-state index in [0.29, 0.717) is 0 Å². The topological polar surface area (TPSA) is 20.2 Å². The average Bonchev–Trinajstić information content (AvgIpc) is 2.96. The van der Waals surface area contributed by atoms with Gasteiger partial charge in [0.15, 0.2) is 0 Å². The van der Waals surface area contributed by atoms with Gasteiger partial charge in [0.05, 0.1) is 6.10 Å². The van der Waals surface area contributed by atoms with Gasteiger partial charge in [-0.3, -0.25) is 0 Å². The summed E-state index contributed by atoms with van der Waals surface area (Å²) in [5, 5.41) is 9.19. The molecule has 56 heavy (non-hydrogen) atoms. The Hall–Kier alpha value is -2.42. The van der Waals surface area contributed by atoms with Gasteiger partial charge in [-0.15, -0.1) is 0 Å². The summed E-state index contributed by atoms with van der Waals surface area (Å²) in [6.45, 7) is 0. The van der Waals surface area contributed by atoms with Crippen LogP contribution in [-0.4, -0.2) is 106 Å².